The maximum absolute atomic E-state index is 11.1. The predicted molar refractivity (Wildman–Crippen MR) is 100 cm³/mol. The molecule has 4 heteroatoms. The molecule has 0 atom stereocenters. The van der Waals surface area contributed by atoms with Crippen molar-refractivity contribution in [3.63, 3.8) is 0 Å². The minimum atomic E-state index is -0.201. The van der Waals surface area contributed by atoms with Crippen molar-refractivity contribution in [1.29, 1.82) is 0 Å². The number of carbonyl (C=O) groups excluding carboxylic acids is 1. The highest BCUT2D eigenvalue weighted by Gasteiger charge is 2.09. The fraction of sp³-hybridized carbons (Fsp3) is 0.850. The fourth-order valence-corrected chi connectivity index (χ4v) is 2.85. The van der Waals surface area contributed by atoms with Gasteiger partial charge in [-0.3, -0.25) is 14.9 Å². The van der Waals surface area contributed by atoms with Crippen molar-refractivity contribution in [2.75, 3.05) is 0 Å². The third-order valence-electron chi connectivity index (χ3n) is 4.38. The van der Waals surface area contributed by atoms with E-state index in [0.717, 1.165) is 57.8 Å². The summed E-state index contributed by atoms with van der Waals surface area (Å²) in [5.41, 5.74) is 0.407. The standard InChI is InChI=1S/C20H36NO3/c1-2-3-4-5-8-11-14-17-20(21(23)24)18-15-12-9-6-7-10-13-16-19-22/h17H,2-16,18H2,1H3/b20-17-. The van der Waals surface area contributed by atoms with Gasteiger partial charge in [0.1, 0.15) is 0 Å². The normalized spacial score (nSPS) is 11.6. The van der Waals surface area contributed by atoms with Crippen LogP contribution >= 0.6 is 0 Å². The van der Waals surface area contributed by atoms with E-state index < -0.39 is 0 Å². The second-order valence-electron chi connectivity index (χ2n) is 6.63. The molecule has 0 spiro atoms. The molecule has 0 N–H and O–H groups in total. The van der Waals surface area contributed by atoms with E-state index in [2.05, 4.69) is 6.92 Å². The number of allylic oxidation sites excluding steroid dienone is 2. The summed E-state index contributed by atoms with van der Waals surface area (Å²) < 4.78 is 0. The van der Waals surface area contributed by atoms with E-state index >= 15 is 0 Å². The molecule has 4 nitrogen and oxygen atoms in total. The number of nitrogens with zero attached hydrogens (tertiary/aromatic N) is 1. The van der Waals surface area contributed by atoms with Crippen LogP contribution in [-0.4, -0.2) is 11.2 Å². The van der Waals surface area contributed by atoms with Crippen molar-refractivity contribution < 1.29 is 9.72 Å². The molecule has 0 saturated carbocycles. The smallest absolute Gasteiger partial charge is 0.242 e. The summed E-state index contributed by atoms with van der Waals surface area (Å²) in [6, 6.07) is 0. The molecule has 0 saturated heterocycles. The van der Waals surface area contributed by atoms with Gasteiger partial charge in [0, 0.05) is 12.8 Å². The number of rotatable bonds is 18. The molecule has 1 radical (unpaired) electrons. The van der Waals surface area contributed by atoms with Crippen LogP contribution in [0.3, 0.4) is 0 Å². The average Bonchev–Trinajstić information content (AvgIpc) is 2.57. The number of nitro groups is 1. The highest BCUT2D eigenvalue weighted by Crippen LogP contribution is 2.15. The first-order valence-electron chi connectivity index (χ1n) is 9.90. The quantitative estimate of drug-likeness (QED) is 0.162. The second kappa shape index (κ2) is 18.2. The zero-order chi connectivity index (χ0) is 17.9. The van der Waals surface area contributed by atoms with E-state index in [0.29, 0.717) is 18.5 Å². The summed E-state index contributed by atoms with van der Waals surface area (Å²) in [7, 11) is 0. The Morgan fingerprint density at radius 1 is 0.875 bits per heavy atom. The van der Waals surface area contributed by atoms with Crippen LogP contribution in [0.5, 0.6) is 0 Å². The molecule has 0 aliphatic rings. The maximum atomic E-state index is 11.1. The van der Waals surface area contributed by atoms with Crippen molar-refractivity contribution >= 4 is 6.29 Å². The van der Waals surface area contributed by atoms with E-state index in [1.54, 1.807) is 0 Å². The molecule has 0 bridgehead atoms. The monoisotopic (exact) mass is 338 g/mol. The Morgan fingerprint density at radius 2 is 1.42 bits per heavy atom. The van der Waals surface area contributed by atoms with Crippen molar-refractivity contribution in [1.82, 2.24) is 0 Å². The third-order valence-corrected chi connectivity index (χ3v) is 4.38. The van der Waals surface area contributed by atoms with Gasteiger partial charge in [0.25, 0.3) is 0 Å². The van der Waals surface area contributed by atoms with Crippen LogP contribution in [0, 0.1) is 10.1 Å². The molecule has 0 fully saturated rings. The van der Waals surface area contributed by atoms with Gasteiger partial charge in [-0.1, -0.05) is 71.1 Å². The summed E-state index contributed by atoms with van der Waals surface area (Å²) in [6.45, 7) is 2.21. The number of unbranched alkanes of at least 4 members (excludes halogenated alkanes) is 13. The lowest BCUT2D eigenvalue weighted by Crippen LogP contribution is -1.99. The molecular weight excluding hydrogens is 302 g/mol. The van der Waals surface area contributed by atoms with E-state index in [9.17, 15) is 14.9 Å². The lowest BCUT2D eigenvalue weighted by Gasteiger charge is -2.02. The summed E-state index contributed by atoms with van der Waals surface area (Å²) in [5, 5.41) is 11.1. The van der Waals surface area contributed by atoms with E-state index in [4.69, 9.17) is 0 Å². The minimum absolute atomic E-state index is 0.201. The molecule has 0 amide bonds. The van der Waals surface area contributed by atoms with Crippen LogP contribution in [0.4, 0.5) is 0 Å². The molecule has 24 heavy (non-hydrogen) atoms. The zero-order valence-electron chi connectivity index (χ0n) is 15.6. The van der Waals surface area contributed by atoms with Gasteiger partial charge in [0.05, 0.1) is 4.92 Å². The van der Waals surface area contributed by atoms with Gasteiger partial charge in [0.2, 0.25) is 5.70 Å². The maximum Gasteiger partial charge on any atom is 0.242 e. The number of hydrogen-bond acceptors (Lipinski definition) is 3. The van der Waals surface area contributed by atoms with Gasteiger partial charge in [-0.05, 0) is 31.8 Å². The Labute approximate surface area is 148 Å². The second-order valence-corrected chi connectivity index (χ2v) is 6.63. The van der Waals surface area contributed by atoms with Crippen molar-refractivity contribution in [3.05, 3.63) is 21.9 Å². The minimum Gasteiger partial charge on any atom is -0.291 e. The van der Waals surface area contributed by atoms with Gasteiger partial charge < -0.3 is 0 Å². The van der Waals surface area contributed by atoms with Gasteiger partial charge >= 0.3 is 0 Å². The van der Waals surface area contributed by atoms with Gasteiger partial charge in [0.15, 0.2) is 6.29 Å². The fourth-order valence-electron chi connectivity index (χ4n) is 2.85. The summed E-state index contributed by atoms with van der Waals surface area (Å²) in [4.78, 5) is 20.9. The SMILES string of the molecule is CCCCCCCC/C=C(/CCCCCCCCC[C]=O)[N+](=O)[O-]. The molecule has 0 aromatic rings. The lowest BCUT2D eigenvalue weighted by atomic mass is 10.1. The Kier molecular flexibility index (Phi) is 17.3. The van der Waals surface area contributed by atoms with E-state index in [1.807, 2.05) is 12.4 Å². The molecule has 0 rings (SSSR count). The molecule has 0 aromatic carbocycles. The molecule has 0 aromatic heterocycles. The molecule has 0 heterocycles. The highest BCUT2D eigenvalue weighted by atomic mass is 16.6. The summed E-state index contributed by atoms with van der Waals surface area (Å²) in [6.07, 6.45) is 20.5. The topological polar surface area (TPSA) is 60.2 Å². The van der Waals surface area contributed by atoms with Crippen molar-refractivity contribution in [2.45, 2.75) is 110 Å². The Bertz CT molecular complexity index is 340. The third kappa shape index (κ3) is 15.7. The lowest BCUT2D eigenvalue weighted by molar-refractivity contribution is -0.428. The van der Waals surface area contributed by atoms with Crippen molar-refractivity contribution in [3.8, 4) is 0 Å². The molecule has 0 aliphatic carbocycles. The van der Waals surface area contributed by atoms with Crippen molar-refractivity contribution in [2.24, 2.45) is 0 Å². The first kappa shape index (κ1) is 22.8. The largest absolute Gasteiger partial charge is 0.291 e. The van der Waals surface area contributed by atoms with Crippen LogP contribution < -0.4 is 0 Å². The zero-order valence-corrected chi connectivity index (χ0v) is 15.6. The Hall–Kier alpha value is -1.19. The van der Waals surface area contributed by atoms with Gasteiger partial charge in [-0.2, -0.15) is 0 Å². The van der Waals surface area contributed by atoms with Crippen LogP contribution in [0.2, 0.25) is 0 Å². The average molecular weight is 339 g/mol. The first-order chi connectivity index (χ1) is 11.7. The van der Waals surface area contributed by atoms with E-state index in [1.165, 1.54) is 32.1 Å². The molecular formula is C20H36NO3. The van der Waals surface area contributed by atoms with Crippen LogP contribution in [0.1, 0.15) is 110 Å². The molecule has 139 valence electrons. The first-order valence-corrected chi connectivity index (χ1v) is 9.90. The van der Waals surface area contributed by atoms with Crippen LogP contribution in [0.25, 0.3) is 0 Å². The van der Waals surface area contributed by atoms with Crippen LogP contribution in [-0.2, 0) is 4.79 Å². The predicted octanol–water partition coefficient (Wildman–Crippen LogP) is 6.52. The highest BCUT2D eigenvalue weighted by molar-refractivity contribution is 5.50. The van der Waals surface area contributed by atoms with Crippen LogP contribution in [0.15, 0.2) is 11.8 Å². The summed E-state index contributed by atoms with van der Waals surface area (Å²) in [5.74, 6) is 0. The summed E-state index contributed by atoms with van der Waals surface area (Å²) >= 11 is 0. The van der Waals surface area contributed by atoms with Gasteiger partial charge in [-0.25, -0.2) is 0 Å². The Morgan fingerprint density at radius 3 is 2.00 bits per heavy atom. The number of hydrogen-bond donors (Lipinski definition) is 0. The molecule has 0 aliphatic heterocycles. The van der Waals surface area contributed by atoms with E-state index in [-0.39, 0.29) is 4.92 Å². The Balaban J connectivity index is 3.63. The molecule has 0 unspecified atom stereocenters. The van der Waals surface area contributed by atoms with Gasteiger partial charge in [-0.15, -0.1) is 0 Å².